The Balaban J connectivity index is 1.65. The lowest BCUT2D eigenvalue weighted by Crippen LogP contribution is -2.43. The molecule has 6 nitrogen and oxygen atoms in total. The minimum atomic E-state index is -0.100. The van der Waals surface area contributed by atoms with Crippen molar-refractivity contribution >= 4 is 38.4 Å². The topological polar surface area (TPSA) is 62.7 Å². The molecule has 1 aliphatic rings. The molecule has 31 heavy (non-hydrogen) atoms. The summed E-state index contributed by atoms with van der Waals surface area (Å²) in [6.45, 7) is 10.2. The van der Waals surface area contributed by atoms with Gasteiger partial charge in [0.05, 0.1) is 23.4 Å². The van der Waals surface area contributed by atoms with Crippen molar-refractivity contribution < 1.29 is 14.3 Å². The van der Waals surface area contributed by atoms with Crippen LogP contribution in [0.5, 0.6) is 0 Å². The highest BCUT2D eigenvalue weighted by molar-refractivity contribution is 7.22. The van der Waals surface area contributed by atoms with Crippen LogP contribution in [0, 0.1) is 13.8 Å². The van der Waals surface area contributed by atoms with Crippen LogP contribution in [0.2, 0.25) is 0 Å². The van der Waals surface area contributed by atoms with E-state index in [-0.39, 0.29) is 11.7 Å². The Hall–Kier alpha value is -2.61. The molecule has 1 fully saturated rings. The van der Waals surface area contributed by atoms with E-state index in [1.807, 2.05) is 0 Å². The highest BCUT2D eigenvalue weighted by Gasteiger charge is 2.23. The minimum absolute atomic E-state index is 0.0137. The number of aromatic nitrogens is 1. The number of hydrogen-bond donors (Lipinski definition) is 0. The van der Waals surface area contributed by atoms with Crippen LogP contribution in [0.1, 0.15) is 38.8 Å². The predicted octanol–water partition coefficient (Wildman–Crippen LogP) is 4.09. The van der Waals surface area contributed by atoms with Gasteiger partial charge in [-0.25, -0.2) is 4.98 Å². The average molecular weight is 438 g/mol. The first-order chi connectivity index (χ1) is 14.9. The second-order valence-electron chi connectivity index (χ2n) is 7.97. The molecule has 0 unspecified atom stereocenters. The molecule has 3 aromatic rings. The van der Waals surface area contributed by atoms with E-state index < -0.39 is 0 Å². The summed E-state index contributed by atoms with van der Waals surface area (Å²) in [7, 11) is 0. The third kappa shape index (κ3) is 4.84. The lowest BCUT2D eigenvalue weighted by atomic mass is 10.1. The Bertz CT molecular complexity index is 1100. The highest BCUT2D eigenvalue weighted by Crippen LogP contribution is 2.32. The maximum atomic E-state index is 13.5. The first-order valence-electron chi connectivity index (χ1n) is 10.5. The summed E-state index contributed by atoms with van der Waals surface area (Å²) in [5.41, 5.74) is 4.41. The lowest BCUT2D eigenvalue weighted by Gasteiger charge is -2.29. The largest absolute Gasteiger partial charge is 0.379 e. The number of anilines is 1. The van der Waals surface area contributed by atoms with E-state index in [0.717, 1.165) is 48.6 Å². The van der Waals surface area contributed by atoms with Crippen molar-refractivity contribution in [1.82, 2.24) is 9.88 Å². The number of ether oxygens (including phenoxy) is 1. The molecule has 1 aromatic heterocycles. The van der Waals surface area contributed by atoms with Gasteiger partial charge in [-0.3, -0.25) is 19.4 Å². The van der Waals surface area contributed by atoms with Crippen LogP contribution in [0.3, 0.4) is 0 Å². The van der Waals surface area contributed by atoms with Gasteiger partial charge in [-0.2, -0.15) is 0 Å². The van der Waals surface area contributed by atoms with E-state index in [9.17, 15) is 9.59 Å². The molecule has 7 heteroatoms. The number of fused-ring (bicyclic) bond motifs is 1. The number of carbonyl (C=O) groups excluding carboxylic acids is 2. The van der Waals surface area contributed by atoms with Crippen molar-refractivity contribution in [3.63, 3.8) is 0 Å². The number of rotatable bonds is 6. The molecule has 1 saturated heterocycles. The summed E-state index contributed by atoms with van der Waals surface area (Å²) in [4.78, 5) is 34.0. The van der Waals surface area contributed by atoms with Crippen molar-refractivity contribution in [2.45, 2.75) is 20.8 Å². The molecule has 1 amide bonds. The zero-order valence-electron chi connectivity index (χ0n) is 18.2. The summed E-state index contributed by atoms with van der Waals surface area (Å²) in [5, 5.41) is 0.706. The van der Waals surface area contributed by atoms with Crippen LogP contribution >= 0.6 is 11.3 Å². The molecule has 4 rings (SSSR count). The SMILES string of the molecule is CC(=O)c1ccc(C(=O)N(CCN2CCOCC2)c2nc3cc(C)cc(C)c3s2)cc1. The van der Waals surface area contributed by atoms with Gasteiger partial charge in [0.25, 0.3) is 5.91 Å². The lowest BCUT2D eigenvalue weighted by molar-refractivity contribution is 0.0391. The molecular formula is C24H27N3O3S. The first kappa shape index (κ1) is 21.6. The third-order valence-corrected chi connectivity index (χ3v) is 6.80. The van der Waals surface area contributed by atoms with E-state index >= 15 is 0 Å². The normalized spacial score (nSPS) is 14.7. The van der Waals surface area contributed by atoms with Crippen LogP contribution in [0.15, 0.2) is 36.4 Å². The molecule has 0 radical (unpaired) electrons. The van der Waals surface area contributed by atoms with Crippen molar-refractivity contribution in [3.8, 4) is 0 Å². The third-order valence-electron chi connectivity index (χ3n) is 5.57. The molecule has 0 spiro atoms. The molecule has 0 aliphatic carbocycles. The average Bonchev–Trinajstić information content (AvgIpc) is 3.18. The number of carbonyl (C=O) groups is 2. The Kier molecular flexibility index (Phi) is 6.46. The number of Topliss-reactive ketones (excluding diaryl/α,β-unsaturated/α-hetero) is 1. The van der Waals surface area contributed by atoms with Crippen molar-refractivity contribution in [1.29, 1.82) is 0 Å². The van der Waals surface area contributed by atoms with E-state index in [1.165, 1.54) is 12.5 Å². The Morgan fingerprint density at radius 1 is 1.10 bits per heavy atom. The van der Waals surface area contributed by atoms with Gasteiger partial charge in [-0.05, 0) is 50.1 Å². The minimum Gasteiger partial charge on any atom is -0.379 e. The number of benzene rings is 2. The molecule has 2 heterocycles. The van der Waals surface area contributed by atoms with E-state index in [0.29, 0.717) is 22.8 Å². The summed E-state index contributed by atoms with van der Waals surface area (Å²) in [6, 6.07) is 11.1. The molecule has 162 valence electrons. The summed E-state index contributed by atoms with van der Waals surface area (Å²) >= 11 is 1.56. The molecule has 2 aromatic carbocycles. The number of amides is 1. The van der Waals surface area contributed by atoms with Gasteiger partial charge in [0.15, 0.2) is 10.9 Å². The predicted molar refractivity (Wildman–Crippen MR) is 124 cm³/mol. The smallest absolute Gasteiger partial charge is 0.260 e. The fourth-order valence-electron chi connectivity index (χ4n) is 3.83. The Labute approximate surface area is 186 Å². The van der Waals surface area contributed by atoms with Gasteiger partial charge in [0.2, 0.25) is 0 Å². The molecule has 0 bridgehead atoms. The molecule has 0 atom stereocenters. The van der Waals surface area contributed by atoms with Gasteiger partial charge >= 0.3 is 0 Å². The van der Waals surface area contributed by atoms with Crippen LogP contribution in [-0.4, -0.2) is 61.0 Å². The molecule has 0 saturated carbocycles. The fraction of sp³-hybridized carbons (Fsp3) is 0.375. The summed E-state index contributed by atoms with van der Waals surface area (Å²) in [5.74, 6) is -0.114. The van der Waals surface area contributed by atoms with Crippen molar-refractivity contribution in [2.24, 2.45) is 0 Å². The van der Waals surface area contributed by atoms with E-state index in [2.05, 4.69) is 30.9 Å². The summed E-state index contributed by atoms with van der Waals surface area (Å²) in [6.07, 6.45) is 0. The highest BCUT2D eigenvalue weighted by atomic mass is 32.1. The fourth-order valence-corrected chi connectivity index (χ4v) is 4.87. The number of ketones is 1. The maximum absolute atomic E-state index is 13.5. The van der Waals surface area contributed by atoms with E-state index in [4.69, 9.17) is 9.72 Å². The van der Waals surface area contributed by atoms with E-state index in [1.54, 1.807) is 40.5 Å². The van der Waals surface area contributed by atoms with Gasteiger partial charge in [-0.15, -0.1) is 0 Å². The van der Waals surface area contributed by atoms with Crippen LogP contribution < -0.4 is 4.90 Å². The monoisotopic (exact) mass is 437 g/mol. The second-order valence-corrected chi connectivity index (χ2v) is 8.95. The number of morpholine rings is 1. The Morgan fingerprint density at radius 2 is 1.77 bits per heavy atom. The van der Waals surface area contributed by atoms with Gasteiger partial charge < -0.3 is 4.74 Å². The van der Waals surface area contributed by atoms with Crippen LogP contribution in [-0.2, 0) is 4.74 Å². The van der Waals surface area contributed by atoms with Gasteiger partial charge in [0.1, 0.15) is 0 Å². The first-order valence-corrected chi connectivity index (χ1v) is 11.3. The zero-order chi connectivity index (χ0) is 22.0. The van der Waals surface area contributed by atoms with Crippen LogP contribution in [0.4, 0.5) is 5.13 Å². The second kappa shape index (κ2) is 9.26. The Morgan fingerprint density at radius 3 is 2.45 bits per heavy atom. The zero-order valence-corrected chi connectivity index (χ0v) is 19.0. The number of aryl methyl sites for hydroxylation is 2. The molecular weight excluding hydrogens is 410 g/mol. The number of hydrogen-bond acceptors (Lipinski definition) is 6. The maximum Gasteiger partial charge on any atom is 0.260 e. The molecule has 0 N–H and O–H groups in total. The van der Waals surface area contributed by atoms with Crippen LogP contribution in [0.25, 0.3) is 10.2 Å². The van der Waals surface area contributed by atoms with Crippen molar-refractivity contribution in [3.05, 3.63) is 58.7 Å². The number of nitrogens with zero attached hydrogens (tertiary/aromatic N) is 3. The standard InChI is InChI=1S/C24H27N3O3S/c1-16-14-17(2)22-21(15-16)25-24(31-22)27(9-8-26-10-12-30-13-11-26)23(29)20-6-4-19(5-7-20)18(3)28/h4-7,14-15H,8-13H2,1-3H3. The summed E-state index contributed by atoms with van der Waals surface area (Å²) < 4.78 is 6.55. The van der Waals surface area contributed by atoms with Gasteiger partial charge in [0, 0.05) is 37.3 Å². The van der Waals surface area contributed by atoms with Crippen molar-refractivity contribution in [2.75, 3.05) is 44.3 Å². The van der Waals surface area contributed by atoms with Gasteiger partial charge in [-0.1, -0.05) is 29.5 Å². The molecule has 1 aliphatic heterocycles. The quantitative estimate of drug-likeness (QED) is 0.544. The number of thiazole rings is 1.